The first kappa shape index (κ1) is 44.0. The Kier molecular flexibility index (Phi) is 16.9. The number of benzene rings is 5. The molecule has 292 valence electrons. The average Bonchev–Trinajstić information content (AvgIpc) is 3.86. The van der Waals surface area contributed by atoms with Gasteiger partial charge in [0.05, 0.1) is 18.2 Å². The predicted octanol–water partition coefficient (Wildman–Crippen LogP) is 9.72. The number of carbonyl (C=O) groups excluding carboxylic acids is 2. The van der Waals surface area contributed by atoms with Crippen LogP contribution in [0.4, 0.5) is 33.3 Å². The van der Waals surface area contributed by atoms with E-state index < -0.39 is 34.8 Å². The lowest BCUT2D eigenvalue weighted by molar-refractivity contribution is -0.691. The smallest absolute Gasteiger partial charge is 0.278 e. The second-order valence-corrected chi connectivity index (χ2v) is 12.1. The van der Waals surface area contributed by atoms with E-state index in [4.69, 9.17) is 0 Å². The number of nitroso groups, excluding NO2 is 1. The third-order valence-corrected chi connectivity index (χ3v) is 8.29. The van der Waals surface area contributed by atoms with Gasteiger partial charge in [0.15, 0.2) is 0 Å². The predicted molar refractivity (Wildman–Crippen MR) is 202 cm³/mol. The van der Waals surface area contributed by atoms with Crippen molar-refractivity contribution in [1.82, 2.24) is 9.78 Å². The van der Waals surface area contributed by atoms with Crippen molar-refractivity contribution in [1.29, 1.82) is 0 Å². The van der Waals surface area contributed by atoms with Gasteiger partial charge in [0.2, 0.25) is 41.1 Å². The van der Waals surface area contributed by atoms with Crippen molar-refractivity contribution in [3.8, 4) is 5.69 Å². The number of fused-ring (bicyclic) bond motifs is 1. The maximum absolute atomic E-state index is 13.6. The molecular weight excluding hydrogens is 733 g/mol. The number of aryl methyl sites for hydroxylation is 2. The van der Waals surface area contributed by atoms with Crippen molar-refractivity contribution >= 4 is 23.6 Å². The number of para-hydroxylation sites is 1. The van der Waals surface area contributed by atoms with Crippen LogP contribution in [0.5, 0.6) is 0 Å². The third kappa shape index (κ3) is 11.3. The van der Waals surface area contributed by atoms with E-state index in [1.165, 1.54) is 6.33 Å². The number of hydrogen-bond donors (Lipinski definition) is 1. The summed E-state index contributed by atoms with van der Waals surface area (Å²) in [6.07, 6.45) is 3.61. The topological polar surface area (TPSA) is 109 Å². The lowest BCUT2D eigenvalue weighted by Gasteiger charge is -2.19. The van der Waals surface area contributed by atoms with Crippen molar-refractivity contribution < 1.29 is 41.3 Å². The van der Waals surface area contributed by atoms with E-state index in [9.17, 15) is 41.7 Å². The van der Waals surface area contributed by atoms with Crippen molar-refractivity contribution in [3.05, 3.63) is 179 Å². The van der Waals surface area contributed by atoms with E-state index in [0.717, 1.165) is 23.8 Å². The molecule has 0 saturated heterocycles. The molecule has 14 heteroatoms. The summed E-state index contributed by atoms with van der Waals surface area (Å²) in [5.41, 5.74) is 1.87. The summed E-state index contributed by atoms with van der Waals surface area (Å²) >= 11 is 0. The molecule has 2 atom stereocenters. The van der Waals surface area contributed by atoms with E-state index in [-0.39, 0.29) is 25.2 Å². The number of hydroxylamine groups is 1. The molecule has 6 aromatic rings. The van der Waals surface area contributed by atoms with Gasteiger partial charge in [0, 0.05) is 17.4 Å². The quantitative estimate of drug-likeness (QED) is 0.0254. The molecule has 1 aliphatic heterocycles. The molecule has 0 spiro atoms. The van der Waals surface area contributed by atoms with Crippen LogP contribution in [0.2, 0.25) is 0 Å². The summed E-state index contributed by atoms with van der Waals surface area (Å²) in [6, 6.07) is 36.6. The second kappa shape index (κ2) is 21.5. The molecule has 7 rings (SSSR count). The minimum Gasteiger partial charge on any atom is -0.303 e. The minimum absolute atomic E-state index is 0. The molecule has 1 aliphatic rings. The molecule has 0 aliphatic carbocycles. The van der Waals surface area contributed by atoms with Crippen molar-refractivity contribution in [2.24, 2.45) is 5.18 Å². The number of aromatic nitrogens is 3. The first-order valence-electron chi connectivity index (χ1n) is 17.0. The largest absolute Gasteiger partial charge is 0.303 e. The number of halogens is 5. The maximum atomic E-state index is 13.6. The number of hydrogen-bond acceptors (Lipinski definition) is 6. The van der Waals surface area contributed by atoms with Crippen LogP contribution in [0, 0.1) is 34.0 Å². The van der Waals surface area contributed by atoms with Gasteiger partial charge in [-0.15, -0.1) is 4.91 Å². The number of amides is 1. The standard InChI is InChI=1S/C15H15NO2.C11H7F5N3.C9H10O.C6H5NO.CH4/c1-12(13-8-4-2-5-9-13)15(17)16(18)14-10-6-3-7-11-14;12-6-7(13)9(15)11(10(16)8(6)14)19-4-18-3-1-2-5(18)17-19;1-8(7-10)9-5-3-2-4-6-9;8-7-6-4-2-1-3-5-6;/h2-12,18H,1H3;4H,1-3H2;2-8H,1H3;1-5H;1H4/q;+1;;;/t12-;;8-;;/m1.0../s1. The Bertz CT molecular complexity index is 2060. The molecule has 0 bridgehead atoms. The van der Waals surface area contributed by atoms with Crippen LogP contribution in [-0.4, -0.2) is 27.2 Å². The Labute approximate surface area is 321 Å². The molecule has 1 aromatic heterocycles. The van der Waals surface area contributed by atoms with Gasteiger partial charge < -0.3 is 4.79 Å². The van der Waals surface area contributed by atoms with Gasteiger partial charge >= 0.3 is 0 Å². The van der Waals surface area contributed by atoms with Crippen LogP contribution < -0.4 is 9.63 Å². The minimum atomic E-state index is -2.17. The zero-order valence-corrected chi connectivity index (χ0v) is 29.8. The first-order valence-corrected chi connectivity index (χ1v) is 17.0. The molecule has 1 amide bonds. The second-order valence-electron chi connectivity index (χ2n) is 12.1. The summed E-state index contributed by atoms with van der Waals surface area (Å²) in [5, 5.41) is 17.2. The summed E-state index contributed by atoms with van der Waals surface area (Å²) in [6.45, 7) is 4.27. The molecule has 56 heavy (non-hydrogen) atoms. The highest BCUT2D eigenvalue weighted by Crippen LogP contribution is 2.26. The van der Waals surface area contributed by atoms with Crippen molar-refractivity contribution in [2.75, 3.05) is 5.06 Å². The van der Waals surface area contributed by atoms with Gasteiger partial charge in [-0.05, 0) is 53.9 Å². The van der Waals surface area contributed by atoms with E-state index in [1.807, 2.05) is 79.7 Å². The number of nitrogens with zero attached hydrogens (tertiary/aromatic N) is 5. The molecule has 9 nitrogen and oxygen atoms in total. The number of anilines is 1. The normalized spacial score (nSPS) is 12.0. The van der Waals surface area contributed by atoms with Crippen molar-refractivity contribution in [2.45, 2.75) is 52.5 Å². The zero-order valence-electron chi connectivity index (χ0n) is 29.8. The average molecular weight is 775 g/mol. The lowest BCUT2D eigenvalue weighted by Crippen LogP contribution is -2.31. The van der Waals surface area contributed by atoms with Crippen molar-refractivity contribution in [3.63, 3.8) is 0 Å². The van der Waals surface area contributed by atoms with Gasteiger partial charge in [-0.1, -0.05) is 116 Å². The van der Waals surface area contributed by atoms with Crippen LogP contribution in [-0.2, 0) is 22.6 Å². The fourth-order valence-electron chi connectivity index (χ4n) is 5.18. The van der Waals surface area contributed by atoms with E-state index in [1.54, 1.807) is 60.0 Å². The molecule has 0 saturated carbocycles. The fourth-order valence-corrected chi connectivity index (χ4v) is 5.18. The Hall–Kier alpha value is -6.41. The molecular formula is C42H41F5N5O4+. The summed E-state index contributed by atoms with van der Waals surface area (Å²) < 4.78 is 68.5. The van der Waals surface area contributed by atoms with E-state index in [0.29, 0.717) is 39.9 Å². The van der Waals surface area contributed by atoms with E-state index in [2.05, 4.69) is 10.3 Å². The Morgan fingerprint density at radius 3 is 1.70 bits per heavy atom. The third-order valence-electron chi connectivity index (χ3n) is 8.29. The van der Waals surface area contributed by atoms with Gasteiger partial charge in [-0.25, -0.2) is 17.7 Å². The monoisotopic (exact) mass is 774 g/mol. The number of carbonyl (C=O) groups is 2. The van der Waals surface area contributed by atoms with Crippen LogP contribution in [0.25, 0.3) is 5.69 Å². The molecule has 0 unspecified atom stereocenters. The summed E-state index contributed by atoms with van der Waals surface area (Å²) in [5.74, 6) is -10.1. The SMILES string of the molecule is C.C[C@@H](C(=O)N(O)c1ccccc1)c1ccccc1.C[C@@H](C=O)c1ccccc1.Fc1c(F)c(F)c(-n2c[n+]3c(n2)CCC3)c(F)c1F.O=Nc1ccccc1. The highest BCUT2D eigenvalue weighted by molar-refractivity contribution is 5.95. The van der Waals surface area contributed by atoms with Gasteiger partial charge in [0.1, 0.15) is 12.0 Å². The van der Waals surface area contributed by atoms with Crippen LogP contribution in [0.3, 0.4) is 0 Å². The van der Waals surface area contributed by atoms with Gasteiger partial charge in [0.25, 0.3) is 11.7 Å². The van der Waals surface area contributed by atoms with E-state index >= 15 is 0 Å². The van der Waals surface area contributed by atoms with Crippen LogP contribution >= 0.6 is 0 Å². The van der Waals surface area contributed by atoms with Crippen LogP contribution in [0.15, 0.2) is 133 Å². The Balaban J connectivity index is 0.000000210. The number of aldehydes is 1. The molecule has 1 N–H and O–H groups in total. The number of rotatable bonds is 7. The maximum Gasteiger partial charge on any atom is 0.278 e. The highest BCUT2D eigenvalue weighted by Gasteiger charge is 2.33. The van der Waals surface area contributed by atoms with Gasteiger partial charge in [-0.3, -0.25) is 10.0 Å². The molecule has 5 aromatic carbocycles. The lowest BCUT2D eigenvalue weighted by atomic mass is 10.0. The summed E-state index contributed by atoms with van der Waals surface area (Å²) in [7, 11) is 0. The van der Waals surface area contributed by atoms with Gasteiger partial charge in [-0.2, -0.15) is 13.8 Å². The van der Waals surface area contributed by atoms with Crippen LogP contribution in [0.1, 0.15) is 56.5 Å². The molecule has 2 heterocycles. The summed E-state index contributed by atoms with van der Waals surface area (Å²) in [4.78, 5) is 32.2. The molecule has 0 fully saturated rings. The molecule has 0 radical (unpaired) electrons. The fraction of sp³-hybridized carbons (Fsp3) is 0.190. The first-order chi connectivity index (χ1) is 26.5. The Morgan fingerprint density at radius 2 is 1.23 bits per heavy atom. The Morgan fingerprint density at radius 1 is 0.768 bits per heavy atom. The zero-order chi connectivity index (χ0) is 39.9. The highest BCUT2D eigenvalue weighted by atomic mass is 19.2.